The van der Waals surface area contributed by atoms with Gasteiger partial charge in [0.05, 0.1) is 30.0 Å². The van der Waals surface area contributed by atoms with E-state index in [4.69, 9.17) is 4.74 Å². The number of nitrogens with one attached hydrogen (secondary N) is 1. The quantitative estimate of drug-likeness (QED) is 0.809. The maximum Gasteiger partial charge on any atom is 0.270 e. The van der Waals surface area contributed by atoms with Gasteiger partial charge in [0.2, 0.25) is 0 Å². The fourth-order valence-corrected chi connectivity index (χ4v) is 4.73. The summed E-state index contributed by atoms with van der Waals surface area (Å²) in [6, 6.07) is 11.9. The number of hydrogen-bond acceptors (Lipinski definition) is 3. The lowest BCUT2D eigenvalue weighted by molar-refractivity contribution is 0.0303. The minimum atomic E-state index is -0.228. The highest BCUT2D eigenvalue weighted by molar-refractivity contribution is 6.01. The Morgan fingerprint density at radius 3 is 2.63 bits per heavy atom. The standard InChI is InChI=1S/C24H31N3O3/c1-4-20(18-10-6-5-7-11-18)25-23(28)19-15-21(24(29)26-12-8-9-16(26)2)27-13-14-30-17(3)22(19)27/h5-7,10-11,15-17,20H,4,8-9,12-14H2,1-3H3,(H,25,28)/t16-,17?,20+/m0/s1. The SMILES string of the molecule is CC[C@@H](NC(=O)c1cc(C(=O)N2CCC[C@@H]2C)n2c1C(C)OCC2)c1ccccc1. The summed E-state index contributed by atoms with van der Waals surface area (Å²) in [6.07, 6.45) is 2.62. The van der Waals surface area contributed by atoms with Gasteiger partial charge in [-0.15, -0.1) is 0 Å². The van der Waals surface area contributed by atoms with Crippen LogP contribution in [0.5, 0.6) is 0 Å². The fraction of sp³-hybridized carbons (Fsp3) is 0.500. The van der Waals surface area contributed by atoms with Crippen LogP contribution in [0.3, 0.4) is 0 Å². The van der Waals surface area contributed by atoms with Crippen LogP contribution in [0.1, 0.15) is 84.3 Å². The molecule has 2 aliphatic rings. The molecule has 3 atom stereocenters. The van der Waals surface area contributed by atoms with Gasteiger partial charge in [0.25, 0.3) is 11.8 Å². The van der Waals surface area contributed by atoms with Crippen molar-refractivity contribution in [3.05, 3.63) is 58.9 Å². The molecule has 0 saturated carbocycles. The van der Waals surface area contributed by atoms with Crippen molar-refractivity contribution in [3.8, 4) is 0 Å². The molecule has 2 aliphatic heterocycles. The Morgan fingerprint density at radius 1 is 1.20 bits per heavy atom. The summed E-state index contributed by atoms with van der Waals surface area (Å²) >= 11 is 0. The summed E-state index contributed by atoms with van der Waals surface area (Å²) in [5, 5.41) is 3.17. The molecule has 160 valence electrons. The van der Waals surface area contributed by atoms with Gasteiger partial charge >= 0.3 is 0 Å². The number of aromatic nitrogens is 1. The normalized spacial score (nSPS) is 21.9. The summed E-state index contributed by atoms with van der Waals surface area (Å²) in [4.78, 5) is 28.6. The van der Waals surface area contributed by atoms with Gasteiger partial charge in [-0.25, -0.2) is 0 Å². The van der Waals surface area contributed by atoms with E-state index in [1.54, 1.807) is 6.07 Å². The molecule has 1 saturated heterocycles. The van der Waals surface area contributed by atoms with Gasteiger partial charge in [-0.3, -0.25) is 9.59 Å². The molecule has 2 amide bonds. The lowest BCUT2D eigenvalue weighted by Gasteiger charge is -2.27. The summed E-state index contributed by atoms with van der Waals surface area (Å²) in [7, 11) is 0. The first-order chi connectivity index (χ1) is 14.5. The van der Waals surface area contributed by atoms with Crippen LogP contribution in [0.25, 0.3) is 0 Å². The summed E-state index contributed by atoms with van der Waals surface area (Å²) in [6.45, 7) is 8.01. The summed E-state index contributed by atoms with van der Waals surface area (Å²) in [5.74, 6) is -0.134. The average Bonchev–Trinajstić information content (AvgIpc) is 3.36. The monoisotopic (exact) mass is 409 g/mol. The second-order valence-electron chi connectivity index (χ2n) is 8.33. The van der Waals surface area contributed by atoms with Gasteiger partial charge in [0, 0.05) is 19.1 Å². The Labute approximate surface area is 178 Å². The van der Waals surface area contributed by atoms with E-state index in [9.17, 15) is 9.59 Å². The molecule has 1 N–H and O–H groups in total. The van der Waals surface area contributed by atoms with Crippen molar-refractivity contribution in [2.75, 3.05) is 13.2 Å². The van der Waals surface area contributed by atoms with E-state index >= 15 is 0 Å². The molecule has 30 heavy (non-hydrogen) atoms. The fourth-order valence-electron chi connectivity index (χ4n) is 4.73. The molecule has 1 aromatic heterocycles. The van der Waals surface area contributed by atoms with Crippen LogP contribution in [0.15, 0.2) is 36.4 Å². The molecule has 1 unspecified atom stereocenters. The maximum atomic E-state index is 13.3. The van der Waals surface area contributed by atoms with E-state index < -0.39 is 0 Å². The lowest BCUT2D eigenvalue weighted by Crippen LogP contribution is -2.36. The first-order valence-electron chi connectivity index (χ1n) is 11.0. The third-order valence-corrected chi connectivity index (χ3v) is 6.40. The predicted octanol–water partition coefficient (Wildman–Crippen LogP) is 4.08. The summed E-state index contributed by atoms with van der Waals surface area (Å²) < 4.78 is 7.82. The molecule has 1 aromatic carbocycles. The van der Waals surface area contributed by atoms with E-state index in [-0.39, 0.29) is 30.0 Å². The van der Waals surface area contributed by atoms with Crippen LogP contribution < -0.4 is 5.32 Å². The molecule has 1 fully saturated rings. The lowest BCUT2D eigenvalue weighted by atomic mass is 10.0. The molecule has 0 spiro atoms. The average molecular weight is 410 g/mol. The number of ether oxygens (including phenoxy) is 1. The molecular formula is C24H31N3O3. The van der Waals surface area contributed by atoms with Gasteiger partial charge in [-0.1, -0.05) is 37.3 Å². The molecule has 2 aromatic rings. The number of fused-ring (bicyclic) bond motifs is 1. The van der Waals surface area contributed by atoms with Gasteiger partial charge in [0.1, 0.15) is 5.69 Å². The van der Waals surface area contributed by atoms with Gasteiger partial charge in [-0.05, 0) is 44.7 Å². The third-order valence-electron chi connectivity index (χ3n) is 6.40. The highest BCUT2D eigenvalue weighted by Gasteiger charge is 2.34. The maximum absolute atomic E-state index is 13.3. The molecule has 6 heteroatoms. The zero-order chi connectivity index (χ0) is 21.3. The van der Waals surface area contributed by atoms with Crippen molar-refractivity contribution in [1.82, 2.24) is 14.8 Å². The van der Waals surface area contributed by atoms with Crippen molar-refractivity contribution in [1.29, 1.82) is 0 Å². The Morgan fingerprint density at radius 2 is 1.97 bits per heavy atom. The Hall–Kier alpha value is -2.60. The molecule has 0 radical (unpaired) electrons. The molecule has 4 rings (SSSR count). The van der Waals surface area contributed by atoms with E-state index in [0.29, 0.717) is 24.4 Å². The zero-order valence-corrected chi connectivity index (χ0v) is 18.1. The smallest absolute Gasteiger partial charge is 0.270 e. The van der Waals surface area contributed by atoms with E-state index in [1.807, 2.05) is 46.7 Å². The number of carbonyl (C=O) groups excluding carboxylic acids is 2. The van der Waals surface area contributed by atoms with E-state index in [1.165, 1.54) is 0 Å². The van der Waals surface area contributed by atoms with Crippen molar-refractivity contribution < 1.29 is 14.3 Å². The van der Waals surface area contributed by atoms with Gasteiger partial charge in [-0.2, -0.15) is 0 Å². The van der Waals surface area contributed by atoms with E-state index in [2.05, 4.69) is 19.2 Å². The number of rotatable bonds is 5. The molecule has 3 heterocycles. The number of benzene rings is 1. The molecular weight excluding hydrogens is 378 g/mol. The van der Waals surface area contributed by atoms with E-state index in [0.717, 1.165) is 37.1 Å². The first kappa shape index (κ1) is 20.7. The van der Waals surface area contributed by atoms with Crippen molar-refractivity contribution in [2.45, 2.75) is 64.8 Å². The molecule has 0 aliphatic carbocycles. The minimum Gasteiger partial charge on any atom is -0.370 e. The van der Waals surface area contributed by atoms with Crippen LogP contribution in [-0.4, -0.2) is 40.5 Å². The molecule has 0 bridgehead atoms. The highest BCUT2D eigenvalue weighted by atomic mass is 16.5. The van der Waals surface area contributed by atoms with Crippen molar-refractivity contribution in [3.63, 3.8) is 0 Å². The van der Waals surface area contributed by atoms with Crippen LogP contribution in [0.4, 0.5) is 0 Å². The van der Waals surface area contributed by atoms with Crippen LogP contribution in [0, 0.1) is 0 Å². The van der Waals surface area contributed by atoms with Crippen LogP contribution in [0.2, 0.25) is 0 Å². The number of nitrogens with zero attached hydrogens (tertiary/aromatic N) is 2. The number of carbonyl (C=O) groups is 2. The van der Waals surface area contributed by atoms with Gasteiger partial charge in [0.15, 0.2) is 0 Å². The van der Waals surface area contributed by atoms with Gasteiger partial charge < -0.3 is 19.5 Å². The number of likely N-dealkylation sites (tertiary alicyclic amines) is 1. The topological polar surface area (TPSA) is 63.6 Å². The minimum absolute atomic E-state index is 0.0181. The number of amides is 2. The molecule has 6 nitrogen and oxygen atoms in total. The predicted molar refractivity (Wildman–Crippen MR) is 115 cm³/mol. The van der Waals surface area contributed by atoms with Crippen molar-refractivity contribution in [2.24, 2.45) is 0 Å². The van der Waals surface area contributed by atoms with Crippen LogP contribution in [-0.2, 0) is 11.3 Å². The van der Waals surface area contributed by atoms with Crippen molar-refractivity contribution >= 4 is 11.8 Å². The Bertz CT molecular complexity index is 921. The van der Waals surface area contributed by atoms with Crippen LogP contribution >= 0.6 is 0 Å². The Kier molecular flexibility index (Phi) is 5.95. The number of hydrogen-bond donors (Lipinski definition) is 1. The third kappa shape index (κ3) is 3.76. The Balaban J connectivity index is 1.66. The zero-order valence-electron chi connectivity index (χ0n) is 18.1. The second-order valence-corrected chi connectivity index (χ2v) is 8.33. The second kappa shape index (κ2) is 8.64. The first-order valence-corrected chi connectivity index (χ1v) is 11.0. The highest BCUT2D eigenvalue weighted by Crippen LogP contribution is 2.31. The largest absolute Gasteiger partial charge is 0.370 e. The summed E-state index contributed by atoms with van der Waals surface area (Å²) in [5.41, 5.74) is 3.03.